The fraction of sp³-hybridized carbons (Fsp3) is 0.917. The molecule has 15 heavy (non-hydrogen) atoms. The summed E-state index contributed by atoms with van der Waals surface area (Å²) in [7, 11) is 0. The van der Waals surface area contributed by atoms with Crippen LogP contribution < -0.4 is 5.32 Å². The summed E-state index contributed by atoms with van der Waals surface area (Å²) < 4.78 is 5.46. The summed E-state index contributed by atoms with van der Waals surface area (Å²) in [5, 5.41) is 3.42. The van der Waals surface area contributed by atoms with Crippen LogP contribution in [0.4, 0.5) is 0 Å². The zero-order valence-electron chi connectivity index (χ0n) is 10.5. The normalized spacial score (nSPS) is 29.9. The average Bonchev–Trinajstić information content (AvgIpc) is 2.14. The molecule has 0 aromatic carbocycles. The molecule has 0 aromatic heterocycles. The van der Waals surface area contributed by atoms with E-state index in [-0.39, 0.29) is 17.4 Å². The van der Waals surface area contributed by atoms with Crippen molar-refractivity contribution in [2.75, 3.05) is 13.2 Å². The van der Waals surface area contributed by atoms with Gasteiger partial charge in [-0.2, -0.15) is 0 Å². The number of nitrogens with one attached hydrogen (secondary N) is 1. The first-order valence-electron chi connectivity index (χ1n) is 5.70. The van der Waals surface area contributed by atoms with E-state index in [1.165, 1.54) is 0 Å². The lowest BCUT2D eigenvalue weighted by molar-refractivity contribution is -0.132. The number of Topliss-reactive ketones (excluding diaryl/α,β-unsaturated/α-hetero) is 1. The Morgan fingerprint density at radius 1 is 1.40 bits per heavy atom. The van der Waals surface area contributed by atoms with Gasteiger partial charge in [0.25, 0.3) is 0 Å². The first kappa shape index (κ1) is 12.7. The lowest BCUT2D eigenvalue weighted by atomic mass is 9.80. The van der Waals surface area contributed by atoms with Gasteiger partial charge in [0.1, 0.15) is 5.78 Å². The third kappa shape index (κ3) is 3.28. The van der Waals surface area contributed by atoms with Crippen molar-refractivity contribution in [1.29, 1.82) is 0 Å². The van der Waals surface area contributed by atoms with E-state index in [0.717, 1.165) is 6.61 Å². The van der Waals surface area contributed by atoms with E-state index in [4.69, 9.17) is 4.74 Å². The number of hydrogen-bond donors (Lipinski definition) is 1. The highest BCUT2D eigenvalue weighted by atomic mass is 16.5. The fourth-order valence-corrected chi connectivity index (χ4v) is 1.99. The zero-order chi connectivity index (χ0) is 11.6. The fourth-order valence-electron chi connectivity index (χ4n) is 1.99. The van der Waals surface area contributed by atoms with Crippen molar-refractivity contribution in [1.82, 2.24) is 5.32 Å². The molecule has 1 aliphatic heterocycles. The van der Waals surface area contributed by atoms with E-state index in [1.54, 1.807) is 0 Å². The SMILES string of the molecule is CC1COCC(C(C)C(=O)C(C)(C)C)N1. The smallest absolute Gasteiger partial charge is 0.142 e. The van der Waals surface area contributed by atoms with Gasteiger partial charge in [-0.15, -0.1) is 0 Å². The lowest BCUT2D eigenvalue weighted by Gasteiger charge is -2.34. The maximum absolute atomic E-state index is 12.1. The summed E-state index contributed by atoms with van der Waals surface area (Å²) >= 11 is 0. The topological polar surface area (TPSA) is 38.3 Å². The van der Waals surface area contributed by atoms with Crippen molar-refractivity contribution < 1.29 is 9.53 Å². The number of morpholine rings is 1. The molecule has 1 heterocycles. The second-order valence-electron chi connectivity index (χ2n) is 5.61. The van der Waals surface area contributed by atoms with Gasteiger partial charge < -0.3 is 10.1 Å². The minimum atomic E-state index is -0.262. The zero-order valence-corrected chi connectivity index (χ0v) is 10.5. The van der Waals surface area contributed by atoms with Crippen LogP contribution in [-0.2, 0) is 9.53 Å². The number of ketones is 1. The Morgan fingerprint density at radius 3 is 2.47 bits per heavy atom. The Labute approximate surface area is 92.6 Å². The maximum Gasteiger partial charge on any atom is 0.142 e. The highest BCUT2D eigenvalue weighted by molar-refractivity contribution is 5.86. The van der Waals surface area contributed by atoms with Crippen LogP contribution >= 0.6 is 0 Å². The van der Waals surface area contributed by atoms with Crippen molar-refractivity contribution in [2.24, 2.45) is 11.3 Å². The Kier molecular flexibility index (Phi) is 3.90. The van der Waals surface area contributed by atoms with Gasteiger partial charge in [-0.05, 0) is 6.92 Å². The number of carbonyl (C=O) groups excluding carboxylic acids is 1. The molecule has 0 radical (unpaired) electrons. The van der Waals surface area contributed by atoms with Gasteiger partial charge in [-0.1, -0.05) is 27.7 Å². The third-order valence-electron chi connectivity index (χ3n) is 2.92. The van der Waals surface area contributed by atoms with Crippen molar-refractivity contribution >= 4 is 5.78 Å². The van der Waals surface area contributed by atoms with Gasteiger partial charge in [0.2, 0.25) is 0 Å². The molecule has 1 N–H and O–H groups in total. The Morgan fingerprint density at radius 2 is 2.00 bits per heavy atom. The molecule has 0 aromatic rings. The third-order valence-corrected chi connectivity index (χ3v) is 2.92. The molecule has 3 atom stereocenters. The van der Waals surface area contributed by atoms with Crippen molar-refractivity contribution in [3.8, 4) is 0 Å². The summed E-state index contributed by atoms with van der Waals surface area (Å²) in [4.78, 5) is 12.1. The maximum atomic E-state index is 12.1. The molecule has 0 amide bonds. The van der Waals surface area contributed by atoms with Gasteiger partial charge in [0, 0.05) is 23.4 Å². The molecule has 0 spiro atoms. The van der Waals surface area contributed by atoms with Gasteiger partial charge in [-0.25, -0.2) is 0 Å². The van der Waals surface area contributed by atoms with Crippen LogP contribution in [0.15, 0.2) is 0 Å². The molecular formula is C12H23NO2. The molecule has 88 valence electrons. The average molecular weight is 213 g/mol. The number of rotatable bonds is 2. The van der Waals surface area contributed by atoms with Crippen LogP contribution in [0.1, 0.15) is 34.6 Å². The summed E-state index contributed by atoms with van der Waals surface area (Å²) in [5.41, 5.74) is -0.262. The van der Waals surface area contributed by atoms with Crippen LogP contribution in [0.25, 0.3) is 0 Å². The molecule has 1 saturated heterocycles. The molecule has 1 rings (SSSR count). The highest BCUT2D eigenvalue weighted by Gasteiger charge is 2.33. The molecule has 3 heteroatoms. The standard InChI is InChI=1S/C12H23NO2/c1-8-6-15-7-10(13-8)9(2)11(14)12(3,4)5/h8-10,13H,6-7H2,1-5H3. The van der Waals surface area contributed by atoms with E-state index in [1.807, 2.05) is 27.7 Å². The summed E-state index contributed by atoms with van der Waals surface area (Å²) in [6, 6.07) is 0.513. The van der Waals surface area contributed by atoms with E-state index in [0.29, 0.717) is 18.4 Å². The molecular weight excluding hydrogens is 190 g/mol. The quantitative estimate of drug-likeness (QED) is 0.757. The molecule has 1 aliphatic rings. The number of hydrogen-bond acceptors (Lipinski definition) is 3. The van der Waals surface area contributed by atoms with Gasteiger partial charge in [0.15, 0.2) is 0 Å². The molecule has 0 saturated carbocycles. The minimum Gasteiger partial charge on any atom is -0.378 e. The van der Waals surface area contributed by atoms with Gasteiger partial charge in [-0.3, -0.25) is 4.79 Å². The van der Waals surface area contributed by atoms with E-state index in [2.05, 4.69) is 12.2 Å². The van der Waals surface area contributed by atoms with E-state index >= 15 is 0 Å². The van der Waals surface area contributed by atoms with Crippen molar-refractivity contribution in [2.45, 2.75) is 46.7 Å². The second kappa shape index (κ2) is 4.62. The van der Waals surface area contributed by atoms with E-state index in [9.17, 15) is 4.79 Å². The summed E-state index contributed by atoms with van der Waals surface area (Å²) in [5.74, 6) is 0.324. The first-order valence-corrected chi connectivity index (χ1v) is 5.70. The second-order valence-corrected chi connectivity index (χ2v) is 5.61. The first-order chi connectivity index (χ1) is 6.82. The van der Waals surface area contributed by atoms with Gasteiger partial charge in [0.05, 0.1) is 13.2 Å². The number of carbonyl (C=O) groups is 1. The summed E-state index contributed by atoms with van der Waals surface area (Å²) in [6.07, 6.45) is 0. The lowest BCUT2D eigenvalue weighted by Crippen LogP contribution is -2.53. The van der Waals surface area contributed by atoms with Crippen molar-refractivity contribution in [3.05, 3.63) is 0 Å². The Hall–Kier alpha value is -0.410. The van der Waals surface area contributed by atoms with Crippen LogP contribution in [0.3, 0.4) is 0 Å². The largest absolute Gasteiger partial charge is 0.378 e. The molecule has 3 unspecified atom stereocenters. The Bertz CT molecular complexity index is 232. The number of ether oxygens (including phenoxy) is 1. The van der Waals surface area contributed by atoms with E-state index < -0.39 is 0 Å². The molecule has 0 bridgehead atoms. The molecule has 3 nitrogen and oxygen atoms in total. The molecule has 1 fully saturated rings. The summed E-state index contributed by atoms with van der Waals surface area (Å²) in [6.45, 7) is 11.4. The van der Waals surface area contributed by atoms with Crippen LogP contribution in [0, 0.1) is 11.3 Å². The van der Waals surface area contributed by atoms with Crippen LogP contribution in [-0.4, -0.2) is 31.1 Å². The van der Waals surface area contributed by atoms with Crippen molar-refractivity contribution in [3.63, 3.8) is 0 Å². The Balaban J connectivity index is 2.59. The molecule has 0 aliphatic carbocycles. The van der Waals surface area contributed by atoms with Crippen LogP contribution in [0.5, 0.6) is 0 Å². The monoisotopic (exact) mass is 213 g/mol. The van der Waals surface area contributed by atoms with Gasteiger partial charge >= 0.3 is 0 Å². The predicted octanol–water partition coefficient (Wildman–Crippen LogP) is 1.61. The minimum absolute atomic E-state index is 0.0211. The van der Waals surface area contributed by atoms with Crippen LogP contribution in [0.2, 0.25) is 0 Å². The highest BCUT2D eigenvalue weighted by Crippen LogP contribution is 2.23. The predicted molar refractivity (Wildman–Crippen MR) is 60.8 cm³/mol.